The van der Waals surface area contributed by atoms with Gasteiger partial charge in [-0.05, 0) is 60.7 Å². The number of aromatic nitrogens is 1. The first-order valence-corrected chi connectivity index (χ1v) is 8.14. The summed E-state index contributed by atoms with van der Waals surface area (Å²) in [5.74, 6) is -0.474. The second-order valence-electron chi connectivity index (χ2n) is 5.78. The number of hydrogen-bond acceptors (Lipinski definition) is 3. The van der Waals surface area contributed by atoms with Crippen molar-refractivity contribution in [2.45, 2.75) is 12.7 Å². The van der Waals surface area contributed by atoms with Crippen LogP contribution in [0.1, 0.15) is 21.6 Å². The van der Waals surface area contributed by atoms with E-state index in [1.807, 2.05) is 18.2 Å². The Kier molecular flexibility index (Phi) is 5.40. The largest absolute Gasteiger partial charge is 0.416 e. The van der Waals surface area contributed by atoms with E-state index in [4.69, 9.17) is 0 Å². The molecule has 0 radical (unpaired) electrons. The predicted octanol–water partition coefficient (Wildman–Crippen LogP) is 4.96. The summed E-state index contributed by atoms with van der Waals surface area (Å²) in [5, 5.41) is 5.87. The van der Waals surface area contributed by atoms with E-state index in [1.165, 1.54) is 0 Å². The second-order valence-corrected chi connectivity index (χ2v) is 5.78. The molecule has 27 heavy (non-hydrogen) atoms. The fourth-order valence-corrected chi connectivity index (χ4v) is 2.38. The van der Waals surface area contributed by atoms with Gasteiger partial charge in [0.05, 0.1) is 17.8 Å². The lowest BCUT2D eigenvalue weighted by atomic mass is 10.1. The number of carbonyl (C=O) groups is 1. The second kappa shape index (κ2) is 7.90. The Morgan fingerprint density at radius 2 is 1.56 bits per heavy atom. The predicted molar refractivity (Wildman–Crippen MR) is 97.4 cm³/mol. The van der Waals surface area contributed by atoms with Gasteiger partial charge in [0.25, 0.3) is 5.91 Å². The van der Waals surface area contributed by atoms with E-state index in [0.717, 1.165) is 35.6 Å². The third-order valence-electron chi connectivity index (χ3n) is 3.82. The summed E-state index contributed by atoms with van der Waals surface area (Å²) in [5.41, 5.74) is 1.66. The number of amides is 1. The molecule has 0 atom stereocenters. The summed E-state index contributed by atoms with van der Waals surface area (Å²) in [4.78, 5) is 16.4. The van der Waals surface area contributed by atoms with E-state index >= 15 is 0 Å². The van der Waals surface area contributed by atoms with Crippen molar-refractivity contribution >= 4 is 17.3 Å². The van der Waals surface area contributed by atoms with Crippen molar-refractivity contribution < 1.29 is 18.0 Å². The molecule has 7 heteroatoms. The van der Waals surface area contributed by atoms with Crippen LogP contribution in [0.15, 0.2) is 72.9 Å². The van der Waals surface area contributed by atoms with Gasteiger partial charge < -0.3 is 10.6 Å². The maximum absolute atomic E-state index is 12.6. The van der Waals surface area contributed by atoms with Crippen LogP contribution >= 0.6 is 0 Å². The average Bonchev–Trinajstić information content (AvgIpc) is 2.68. The number of rotatable bonds is 5. The van der Waals surface area contributed by atoms with Crippen molar-refractivity contribution in [2.24, 2.45) is 0 Å². The summed E-state index contributed by atoms with van der Waals surface area (Å²) < 4.78 is 37.7. The minimum Gasteiger partial charge on any atom is -0.379 e. The molecular formula is C20H16F3N3O. The van der Waals surface area contributed by atoms with Gasteiger partial charge in [-0.1, -0.05) is 6.07 Å². The van der Waals surface area contributed by atoms with Crippen molar-refractivity contribution in [1.29, 1.82) is 0 Å². The lowest BCUT2D eigenvalue weighted by Crippen LogP contribution is -2.13. The molecule has 2 aromatic carbocycles. The number of halogens is 3. The van der Waals surface area contributed by atoms with Crippen molar-refractivity contribution in [3.8, 4) is 0 Å². The number of nitrogens with zero attached hydrogens (tertiary/aromatic N) is 1. The first kappa shape index (κ1) is 18.4. The molecule has 1 amide bonds. The maximum Gasteiger partial charge on any atom is 0.416 e. The SMILES string of the molecule is O=C(Nc1ccc(NCc2ccccn2)cc1)c1ccc(C(F)(F)F)cc1. The summed E-state index contributed by atoms with van der Waals surface area (Å²) >= 11 is 0. The van der Waals surface area contributed by atoms with Crippen LogP contribution in [-0.4, -0.2) is 10.9 Å². The first-order valence-electron chi connectivity index (χ1n) is 8.14. The molecule has 1 heterocycles. The van der Waals surface area contributed by atoms with E-state index in [0.29, 0.717) is 12.2 Å². The molecule has 0 bridgehead atoms. The molecule has 0 saturated heterocycles. The van der Waals surface area contributed by atoms with Gasteiger partial charge in [0, 0.05) is 23.1 Å². The Bertz CT molecular complexity index is 893. The smallest absolute Gasteiger partial charge is 0.379 e. The van der Waals surface area contributed by atoms with Crippen LogP contribution in [0.2, 0.25) is 0 Å². The van der Waals surface area contributed by atoms with Crippen molar-refractivity contribution in [1.82, 2.24) is 4.98 Å². The average molecular weight is 371 g/mol. The quantitative estimate of drug-likeness (QED) is 0.666. The van der Waals surface area contributed by atoms with Gasteiger partial charge in [0.1, 0.15) is 0 Å². The molecule has 1 aromatic heterocycles. The number of pyridine rings is 1. The molecule has 0 unspecified atom stereocenters. The third-order valence-corrected chi connectivity index (χ3v) is 3.82. The number of anilines is 2. The van der Waals surface area contributed by atoms with Crippen LogP contribution < -0.4 is 10.6 Å². The number of nitrogens with one attached hydrogen (secondary N) is 2. The van der Waals surface area contributed by atoms with E-state index in [1.54, 1.807) is 30.5 Å². The van der Waals surface area contributed by atoms with E-state index in [9.17, 15) is 18.0 Å². The zero-order valence-corrected chi connectivity index (χ0v) is 14.1. The molecule has 3 rings (SSSR count). The highest BCUT2D eigenvalue weighted by atomic mass is 19.4. The third kappa shape index (κ3) is 5.07. The van der Waals surface area contributed by atoms with Gasteiger partial charge >= 0.3 is 6.18 Å². The topological polar surface area (TPSA) is 54.0 Å². The van der Waals surface area contributed by atoms with E-state index in [2.05, 4.69) is 15.6 Å². The van der Waals surface area contributed by atoms with Gasteiger partial charge in [-0.15, -0.1) is 0 Å². The highest BCUT2D eigenvalue weighted by Crippen LogP contribution is 2.29. The van der Waals surface area contributed by atoms with Gasteiger partial charge in [-0.3, -0.25) is 9.78 Å². The summed E-state index contributed by atoms with van der Waals surface area (Å²) in [6.07, 6.45) is -2.70. The highest BCUT2D eigenvalue weighted by Gasteiger charge is 2.30. The summed E-state index contributed by atoms with van der Waals surface area (Å²) in [6, 6.07) is 16.8. The normalized spacial score (nSPS) is 11.1. The number of alkyl halides is 3. The number of benzene rings is 2. The number of hydrogen-bond donors (Lipinski definition) is 2. The lowest BCUT2D eigenvalue weighted by Gasteiger charge is -2.10. The summed E-state index contributed by atoms with van der Waals surface area (Å²) in [6.45, 7) is 0.568. The molecule has 3 aromatic rings. The van der Waals surface area contributed by atoms with Gasteiger partial charge in [-0.2, -0.15) is 13.2 Å². The van der Waals surface area contributed by atoms with Crippen LogP contribution in [0.4, 0.5) is 24.5 Å². The standard InChI is InChI=1S/C20H16F3N3O/c21-20(22,23)15-6-4-14(5-7-15)19(27)26-17-10-8-16(9-11-17)25-13-18-3-1-2-12-24-18/h1-12,25H,13H2,(H,26,27). The molecular weight excluding hydrogens is 355 g/mol. The Hall–Kier alpha value is -3.35. The molecule has 4 nitrogen and oxygen atoms in total. The van der Waals surface area contributed by atoms with Crippen molar-refractivity contribution in [3.63, 3.8) is 0 Å². The Morgan fingerprint density at radius 3 is 2.15 bits per heavy atom. The Morgan fingerprint density at radius 1 is 0.889 bits per heavy atom. The fourth-order valence-electron chi connectivity index (χ4n) is 2.38. The molecule has 0 saturated carbocycles. The zero-order chi connectivity index (χ0) is 19.3. The van der Waals surface area contributed by atoms with Gasteiger partial charge in [0.2, 0.25) is 0 Å². The van der Waals surface area contributed by atoms with Gasteiger partial charge in [-0.25, -0.2) is 0 Å². The van der Waals surface area contributed by atoms with Crippen LogP contribution in [0.25, 0.3) is 0 Å². The molecule has 2 N–H and O–H groups in total. The van der Waals surface area contributed by atoms with E-state index in [-0.39, 0.29) is 5.56 Å². The minimum atomic E-state index is -4.42. The van der Waals surface area contributed by atoms with Crippen LogP contribution in [0, 0.1) is 0 Å². The van der Waals surface area contributed by atoms with E-state index < -0.39 is 17.6 Å². The molecule has 0 spiro atoms. The van der Waals surface area contributed by atoms with Gasteiger partial charge in [0.15, 0.2) is 0 Å². The fraction of sp³-hybridized carbons (Fsp3) is 0.100. The monoisotopic (exact) mass is 371 g/mol. The first-order chi connectivity index (χ1) is 12.9. The minimum absolute atomic E-state index is 0.153. The van der Waals surface area contributed by atoms with Crippen LogP contribution in [0.5, 0.6) is 0 Å². The van der Waals surface area contributed by atoms with Crippen LogP contribution in [0.3, 0.4) is 0 Å². The highest BCUT2D eigenvalue weighted by molar-refractivity contribution is 6.04. The number of carbonyl (C=O) groups excluding carboxylic acids is 1. The van der Waals surface area contributed by atoms with Crippen molar-refractivity contribution in [2.75, 3.05) is 10.6 Å². The Balaban J connectivity index is 1.58. The summed E-state index contributed by atoms with van der Waals surface area (Å²) in [7, 11) is 0. The zero-order valence-electron chi connectivity index (χ0n) is 14.1. The maximum atomic E-state index is 12.6. The van der Waals surface area contributed by atoms with Crippen molar-refractivity contribution in [3.05, 3.63) is 89.7 Å². The Labute approximate surface area is 154 Å². The molecule has 0 aliphatic rings. The lowest BCUT2D eigenvalue weighted by molar-refractivity contribution is -0.137. The molecule has 0 aliphatic carbocycles. The molecule has 0 aliphatic heterocycles. The molecule has 138 valence electrons. The molecule has 0 fully saturated rings. The van der Waals surface area contributed by atoms with Crippen LogP contribution in [-0.2, 0) is 12.7 Å².